The van der Waals surface area contributed by atoms with Gasteiger partial charge in [0.2, 0.25) is 0 Å². The number of nitrogens with one attached hydrogen (secondary N) is 1. The molecular weight excluding hydrogens is 420 g/mol. The molecule has 1 saturated heterocycles. The normalized spacial score (nSPS) is 19.9. The summed E-state index contributed by atoms with van der Waals surface area (Å²) in [6.07, 6.45) is 6.48. The number of likely N-dealkylation sites (tertiary alicyclic amines) is 1. The van der Waals surface area contributed by atoms with Crippen LogP contribution in [0.2, 0.25) is 0 Å². The Morgan fingerprint density at radius 2 is 1.82 bits per heavy atom. The van der Waals surface area contributed by atoms with E-state index in [2.05, 4.69) is 61.8 Å². The summed E-state index contributed by atoms with van der Waals surface area (Å²) in [5, 5.41) is 13.7. The zero-order valence-electron chi connectivity index (χ0n) is 21.4. The number of amides is 1. The van der Waals surface area contributed by atoms with Crippen LogP contribution in [0, 0.1) is 5.92 Å². The van der Waals surface area contributed by atoms with Crippen molar-refractivity contribution >= 4 is 5.91 Å². The van der Waals surface area contributed by atoms with Crippen LogP contribution in [0.5, 0.6) is 0 Å². The fraction of sp³-hybridized carbons (Fsp3) is 0.500. The molecule has 0 saturated carbocycles. The van der Waals surface area contributed by atoms with E-state index < -0.39 is 5.60 Å². The molecule has 0 aliphatic carbocycles. The summed E-state index contributed by atoms with van der Waals surface area (Å²) < 4.78 is 0. The van der Waals surface area contributed by atoms with E-state index in [0.29, 0.717) is 37.0 Å². The molecule has 2 N–H and O–H groups in total. The number of carbonyl (C=O) groups is 1. The van der Waals surface area contributed by atoms with Gasteiger partial charge < -0.3 is 10.4 Å². The van der Waals surface area contributed by atoms with E-state index in [9.17, 15) is 9.90 Å². The van der Waals surface area contributed by atoms with Crippen molar-refractivity contribution in [1.29, 1.82) is 0 Å². The van der Waals surface area contributed by atoms with Gasteiger partial charge in [-0.05, 0) is 87.7 Å². The standard InChI is InChI=1S/C30H42N2O2/c1-6-22(2)20-30(5,34)21-26-11-15-28(16-12-26)29(33)31-18-17-25-9-13-27(14-10-25)24(4)32-19-7-8-23(32)3/h6,9-16,22-24,34H,1,7-8,17-21H2,2-5H3,(H,31,33). The van der Waals surface area contributed by atoms with Crippen LogP contribution in [0.25, 0.3) is 0 Å². The summed E-state index contributed by atoms with van der Waals surface area (Å²) in [6, 6.07) is 17.5. The number of hydrogen-bond donors (Lipinski definition) is 2. The van der Waals surface area contributed by atoms with Gasteiger partial charge in [0.05, 0.1) is 5.60 Å². The topological polar surface area (TPSA) is 52.6 Å². The Hall–Kier alpha value is -2.43. The maximum Gasteiger partial charge on any atom is 0.251 e. The number of rotatable bonds is 11. The second-order valence-electron chi connectivity index (χ2n) is 10.4. The van der Waals surface area contributed by atoms with Crippen LogP contribution in [0.4, 0.5) is 0 Å². The number of nitrogens with zero attached hydrogens (tertiary/aromatic N) is 1. The third-order valence-corrected chi connectivity index (χ3v) is 7.23. The fourth-order valence-electron chi connectivity index (χ4n) is 5.17. The number of allylic oxidation sites excluding steroid dienone is 1. The molecule has 34 heavy (non-hydrogen) atoms. The Labute approximate surface area is 206 Å². The molecule has 4 unspecified atom stereocenters. The van der Waals surface area contributed by atoms with E-state index in [1.165, 1.54) is 30.5 Å². The lowest BCUT2D eigenvalue weighted by Crippen LogP contribution is -2.29. The van der Waals surface area contributed by atoms with E-state index in [1.54, 1.807) is 0 Å². The largest absolute Gasteiger partial charge is 0.390 e. The van der Waals surface area contributed by atoms with Crippen molar-refractivity contribution in [1.82, 2.24) is 10.2 Å². The van der Waals surface area contributed by atoms with E-state index in [4.69, 9.17) is 0 Å². The molecule has 3 rings (SSSR count). The number of benzene rings is 2. The van der Waals surface area contributed by atoms with Crippen molar-refractivity contribution in [3.05, 3.63) is 83.4 Å². The SMILES string of the molecule is C=CC(C)CC(C)(O)Cc1ccc(C(=O)NCCc2ccc(C(C)N3CCCC3C)cc2)cc1. The summed E-state index contributed by atoms with van der Waals surface area (Å²) in [5.74, 6) is 0.195. The number of aliphatic hydroxyl groups is 1. The van der Waals surface area contributed by atoms with Gasteiger partial charge in [0.25, 0.3) is 5.91 Å². The molecule has 0 radical (unpaired) electrons. The average Bonchev–Trinajstić information content (AvgIpc) is 3.24. The van der Waals surface area contributed by atoms with E-state index in [-0.39, 0.29) is 11.8 Å². The highest BCUT2D eigenvalue weighted by Gasteiger charge is 2.26. The van der Waals surface area contributed by atoms with Crippen molar-refractivity contribution < 1.29 is 9.90 Å². The van der Waals surface area contributed by atoms with Crippen LogP contribution in [0.1, 0.15) is 80.0 Å². The van der Waals surface area contributed by atoms with Crippen LogP contribution < -0.4 is 5.32 Å². The lowest BCUT2D eigenvalue weighted by Gasteiger charge is -2.29. The van der Waals surface area contributed by atoms with Gasteiger partial charge in [-0.3, -0.25) is 9.69 Å². The molecule has 4 nitrogen and oxygen atoms in total. The molecule has 1 fully saturated rings. The highest BCUT2D eigenvalue weighted by atomic mass is 16.3. The first-order chi connectivity index (χ1) is 16.2. The van der Waals surface area contributed by atoms with Gasteiger partial charge in [-0.1, -0.05) is 49.4 Å². The van der Waals surface area contributed by atoms with Crippen molar-refractivity contribution in [2.24, 2.45) is 5.92 Å². The molecule has 4 atom stereocenters. The van der Waals surface area contributed by atoms with Crippen molar-refractivity contribution in [2.45, 2.75) is 77.5 Å². The highest BCUT2D eigenvalue weighted by Crippen LogP contribution is 2.29. The van der Waals surface area contributed by atoms with Gasteiger partial charge in [-0.15, -0.1) is 6.58 Å². The zero-order valence-corrected chi connectivity index (χ0v) is 21.4. The third-order valence-electron chi connectivity index (χ3n) is 7.23. The smallest absolute Gasteiger partial charge is 0.251 e. The molecule has 0 bridgehead atoms. The first-order valence-corrected chi connectivity index (χ1v) is 12.7. The van der Waals surface area contributed by atoms with Crippen molar-refractivity contribution in [3.63, 3.8) is 0 Å². The number of hydrogen-bond acceptors (Lipinski definition) is 3. The average molecular weight is 463 g/mol. The van der Waals surface area contributed by atoms with Gasteiger partial charge in [-0.2, -0.15) is 0 Å². The second-order valence-corrected chi connectivity index (χ2v) is 10.4. The van der Waals surface area contributed by atoms with Gasteiger partial charge in [0.15, 0.2) is 0 Å². The van der Waals surface area contributed by atoms with Crippen LogP contribution >= 0.6 is 0 Å². The second kappa shape index (κ2) is 11.8. The Balaban J connectivity index is 1.46. The monoisotopic (exact) mass is 462 g/mol. The summed E-state index contributed by atoms with van der Waals surface area (Å²) in [6.45, 7) is 14.1. The quantitative estimate of drug-likeness (QED) is 0.421. The molecule has 0 spiro atoms. The summed E-state index contributed by atoms with van der Waals surface area (Å²) in [5.41, 5.74) is 3.47. The number of carbonyl (C=O) groups excluding carboxylic acids is 1. The predicted octanol–water partition coefficient (Wildman–Crippen LogP) is 5.71. The highest BCUT2D eigenvalue weighted by molar-refractivity contribution is 5.94. The molecule has 1 aliphatic rings. The van der Waals surface area contributed by atoms with Crippen molar-refractivity contribution in [2.75, 3.05) is 13.1 Å². The lowest BCUT2D eigenvalue weighted by atomic mass is 9.87. The Bertz CT molecular complexity index is 933. The molecule has 2 aromatic rings. The predicted molar refractivity (Wildman–Crippen MR) is 141 cm³/mol. The minimum Gasteiger partial charge on any atom is -0.390 e. The maximum atomic E-state index is 12.6. The van der Waals surface area contributed by atoms with Gasteiger partial charge >= 0.3 is 0 Å². The molecule has 1 heterocycles. The minimum absolute atomic E-state index is 0.0631. The van der Waals surface area contributed by atoms with Crippen LogP contribution in [-0.2, 0) is 12.8 Å². The van der Waals surface area contributed by atoms with E-state index in [1.807, 2.05) is 37.3 Å². The molecule has 0 aromatic heterocycles. The summed E-state index contributed by atoms with van der Waals surface area (Å²) in [7, 11) is 0. The lowest BCUT2D eigenvalue weighted by molar-refractivity contribution is 0.0421. The van der Waals surface area contributed by atoms with Crippen LogP contribution in [-0.4, -0.2) is 40.6 Å². The Morgan fingerprint density at radius 1 is 1.18 bits per heavy atom. The Morgan fingerprint density at radius 3 is 2.41 bits per heavy atom. The van der Waals surface area contributed by atoms with Gasteiger partial charge in [0.1, 0.15) is 0 Å². The zero-order chi connectivity index (χ0) is 24.7. The maximum absolute atomic E-state index is 12.6. The van der Waals surface area contributed by atoms with Gasteiger partial charge in [-0.25, -0.2) is 0 Å². The molecule has 1 amide bonds. The summed E-state index contributed by atoms with van der Waals surface area (Å²) in [4.78, 5) is 15.1. The molecule has 1 aliphatic heterocycles. The van der Waals surface area contributed by atoms with E-state index >= 15 is 0 Å². The first-order valence-electron chi connectivity index (χ1n) is 12.7. The van der Waals surface area contributed by atoms with Crippen LogP contribution in [0.15, 0.2) is 61.2 Å². The fourth-order valence-corrected chi connectivity index (χ4v) is 5.17. The molecule has 4 heteroatoms. The third kappa shape index (κ3) is 7.28. The van der Waals surface area contributed by atoms with Crippen LogP contribution in [0.3, 0.4) is 0 Å². The van der Waals surface area contributed by atoms with Crippen molar-refractivity contribution in [3.8, 4) is 0 Å². The minimum atomic E-state index is -0.794. The molecular formula is C30H42N2O2. The Kier molecular flexibility index (Phi) is 9.10. The van der Waals surface area contributed by atoms with Gasteiger partial charge in [0, 0.05) is 30.6 Å². The summed E-state index contributed by atoms with van der Waals surface area (Å²) >= 11 is 0. The molecule has 184 valence electrons. The van der Waals surface area contributed by atoms with E-state index in [0.717, 1.165) is 12.0 Å². The molecule has 2 aromatic carbocycles. The first kappa shape index (κ1) is 26.2.